The van der Waals surface area contributed by atoms with E-state index in [0.29, 0.717) is 10.9 Å². The number of carbonyl (C=O) groups is 1. The third kappa shape index (κ3) is 5.37. The molecular formula is C22H25ClN4O3S. The quantitative estimate of drug-likeness (QED) is 0.276. The van der Waals surface area contributed by atoms with Crippen LogP contribution < -0.4 is 10.3 Å². The van der Waals surface area contributed by atoms with Gasteiger partial charge in [0.2, 0.25) is 5.91 Å². The van der Waals surface area contributed by atoms with E-state index in [2.05, 4.69) is 43.2 Å². The molecule has 0 saturated heterocycles. The molecule has 2 aromatic carbocycles. The van der Waals surface area contributed by atoms with Crippen molar-refractivity contribution in [2.45, 2.75) is 43.5 Å². The van der Waals surface area contributed by atoms with Crippen molar-refractivity contribution < 1.29 is 9.72 Å². The summed E-state index contributed by atoms with van der Waals surface area (Å²) in [5.74, 6) is 0.256. The lowest BCUT2D eigenvalue weighted by Crippen LogP contribution is -2.45. The third-order valence-electron chi connectivity index (χ3n) is 5.56. The van der Waals surface area contributed by atoms with E-state index in [0.717, 1.165) is 22.6 Å². The minimum absolute atomic E-state index is 0.0180. The second-order valence-corrected chi connectivity index (χ2v) is 9.70. The Hall–Kier alpha value is -2.58. The van der Waals surface area contributed by atoms with Crippen LogP contribution in [0.2, 0.25) is 5.02 Å². The van der Waals surface area contributed by atoms with E-state index < -0.39 is 4.92 Å². The van der Waals surface area contributed by atoms with Crippen molar-refractivity contribution in [1.29, 1.82) is 0 Å². The van der Waals surface area contributed by atoms with E-state index in [9.17, 15) is 14.9 Å². The Morgan fingerprint density at radius 2 is 2.06 bits per heavy atom. The molecule has 9 heteroatoms. The summed E-state index contributed by atoms with van der Waals surface area (Å²) in [5.41, 5.74) is 5.67. The van der Waals surface area contributed by atoms with Gasteiger partial charge in [0, 0.05) is 40.9 Å². The van der Waals surface area contributed by atoms with Gasteiger partial charge in [-0.2, -0.15) is 5.10 Å². The number of non-ortho nitro benzene ring substituents is 1. The molecule has 0 fully saturated rings. The monoisotopic (exact) mass is 460 g/mol. The number of nitrogens with one attached hydrogen (secondary N) is 1. The second kappa shape index (κ2) is 9.28. The van der Waals surface area contributed by atoms with Crippen LogP contribution in [-0.2, 0) is 4.79 Å². The Labute approximate surface area is 191 Å². The number of nitro benzene ring substituents is 1. The first kappa shape index (κ1) is 23.1. The third-order valence-corrected chi connectivity index (χ3v) is 6.90. The minimum Gasteiger partial charge on any atom is -0.369 e. The van der Waals surface area contributed by atoms with Gasteiger partial charge in [-0.05, 0) is 56.0 Å². The molecule has 0 aromatic heterocycles. The first-order chi connectivity index (χ1) is 14.6. The van der Waals surface area contributed by atoms with Crippen molar-refractivity contribution >= 4 is 46.9 Å². The van der Waals surface area contributed by atoms with Crippen molar-refractivity contribution in [3.8, 4) is 0 Å². The van der Waals surface area contributed by atoms with Crippen molar-refractivity contribution in [3.05, 3.63) is 62.7 Å². The van der Waals surface area contributed by atoms with Gasteiger partial charge in [-0.15, -0.1) is 11.8 Å². The molecule has 31 heavy (non-hydrogen) atoms. The van der Waals surface area contributed by atoms with E-state index in [-0.39, 0.29) is 22.9 Å². The van der Waals surface area contributed by atoms with Crippen molar-refractivity contribution in [3.63, 3.8) is 0 Å². The molecule has 1 amide bonds. The molecule has 0 spiro atoms. The number of carbonyl (C=O) groups excluding carboxylic acids is 1. The van der Waals surface area contributed by atoms with E-state index in [1.54, 1.807) is 18.3 Å². The fourth-order valence-corrected chi connectivity index (χ4v) is 4.62. The van der Waals surface area contributed by atoms with Gasteiger partial charge in [-0.25, -0.2) is 5.43 Å². The molecule has 1 aliphatic rings. The highest BCUT2D eigenvalue weighted by atomic mass is 35.5. The van der Waals surface area contributed by atoms with Crippen LogP contribution in [0.25, 0.3) is 0 Å². The lowest BCUT2D eigenvalue weighted by atomic mass is 9.80. The zero-order valence-corrected chi connectivity index (χ0v) is 19.5. The van der Waals surface area contributed by atoms with E-state index in [4.69, 9.17) is 11.6 Å². The van der Waals surface area contributed by atoms with E-state index >= 15 is 0 Å². The van der Waals surface area contributed by atoms with Crippen LogP contribution in [-0.4, -0.2) is 35.4 Å². The van der Waals surface area contributed by atoms with E-state index in [1.807, 2.05) is 12.1 Å². The van der Waals surface area contributed by atoms with Crippen LogP contribution in [0.3, 0.4) is 0 Å². The molecule has 1 aliphatic heterocycles. The fourth-order valence-electron chi connectivity index (χ4n) is 3.72. The maximum Gasteiger partial charge on any atom is 0.269 e. The number of nitro groups is 1. The topological polar surface area (TPSA) is 87.8 Å². The first-order valence-corrected chi connectivity index (χ1v) is 11.2. The number of amides is 1. The van der Waals surface area contributed by atoms with E-state index in [1.165, 1.54) is 29.5 Å². The average molecular weight is 461 g/mol. The Kier molecular flexibility index (Phi) is 6.91. The van der Waals surface area contributed by atoms with Gasteiger partial charge < -0.3 is 4.90 Å². The smallest absolute Gasteiger partial charge is 0.269 e. The number of halogens is 1. The lowest BCUT2D eigenvalue weighted by molar-refractivity contribution is -0.384. The van der Waals surface area contributed by atoms with Gasteiger partial charge in [-0.1, -0.05) is 18.5 Å². The Morgan fingerprint density at radius 1 is 1.39 bits per heavy atom. The summed E-state index contributed by atoms with van der Waals surface area (Å²) in [5, 5.41) is 15.3. The van der Waals surface area contributed by atoms with Crippen molar-refractivity contribution in [2.24, 2.45) is 5.10 Å². The number of hydrogen-bond acceptors (Lipinski definition) is 6. The van der Waals surface area contributed by atoms with Gasteiger partial charge in [0.05, 0.1) is 21.9 Å². The molecule has 1 atom stereocenters. The van der Waals surface area contributed by atoms with Crippen LogP contribution in [0.4, 0.5) is 11.4 Å². The van der Waals surface area contributed by atoms with Gasteiger partial charge >= 0.3 is 0 Å². The normalized spacial score (nSPS) is 17.5. The summed E-state index contributed by atoms with van der Waals surface area (Å²) in [6.45, 7) is 6.65. The van der Waals surface area contributed by atoms with Crippen LogP contribution in [0.5, 0.6) is 0 Å². The fraction of sp³-hybridized carbons (Fsp3) is 0.364. The standard InChI is InChI=1S/C22H25ClN4O3S/c1-14-11-22(2,3)26(4)20-10-19(23)15(9-18(14)20)12-24-25-21(28)13-31-17-7-5-16(6-8-17)27(29)30/h5-10,12,14H,11,13H2,1-4H3,(H,25,28)/b24-12-. The molecular weight excluding hydrogens is 436 g/mol. The summed E-state index contributed by atoms with van der Waals surface area (Å²) in [6, 6.07) is 10.1. The number of anilines is 1. The highest BCUT2D eigenvalue weighted by Gasteiger charge is 2.34. The summed E-state index contributed by atoms with van der Waals surface area (Å²) in [7, 11) is 2.08. The maximum absolute atomic E-state index is 12.1. The van der Waals surface area contributed by atoms with Gasteiger partial charge in [0.1, 0.15) is 0 Å². The van der Waals surface area contributed by atoms with Gasteiger partial charge in [-0.3, -0.25) is 14.9 Å². The molecule has 1 heterocycles. The predicted octanol–water partition coefficient (Wildman–Crippen LogP) is 5.21. The first-order valence-electron chi connectivity index (χ1n) is 9.85. The maximum atomic E-state index is 12.1. The molecule has 164 valence electrons. The van der Waals surface area contributed by atoms with Crippen LogP contribution >= 0.6 is 23.4 Å². The largest absolute Gasteiger partial charge is 0.369 e. The lowest BCUT2D eigenvalue weighted by Gasteiger charge is -2.45. The molecule has 1 unspecified atom stereocenters. The average Bonchev–Trinajstić information content (AvgIpc) is 2.71. The Morgan fingerprint density at radius 3 is 2.71 bits per heavy atom. The SMILES string of the molecule is CC1CC(C)(C)N(C)c2cc(Cl)c(/C=N\NC(=O)CSc3ccc([N+](=O)[O-])cc3)cc21. The molecule has 0 saturated carbocycles. The van der Waals surface area contributed by atoms with Crippen LogP contribution in [0.15, 0.2) is 46.4 Å². The molecule has 7 nitrogen and oxygen atoms in total. The molecule has 2 aromatic rings. The summed E-state index contributed by atoms with van der Waals surface area (Å²) in [6.07, 6.45) is 2.59. The number of hydrazone groups is 1. The number of fused-ring (bicyclic) bond motifs is 1. The van der Waals surface area contributed by atoms with Gasteiger partial charge in [0.15, 0.2) is 0 Å². The zero-order chi connectivity index (χ0) is 22.8. The Bertz CT molecular complexity index is 1020. The van der Waals surface area contributed by atoms with Crippen LogP contribution in [0, 0.1) is 10.1 Å². The van der Waals surface area contributed by atoms with Gasteiger partial charge in [0.25, 0.3) is 5.69 Å². The summed E-state index contributed by atoms with van der Waals surface area (Å²) >= 11 is 7.75. The number of benzene rings is 2. The summed E-state index contributed by atoms with van der Waals surface area (Å²) < 4.78 is 0. The number of nitrogens with zero attached hydrogens (tertiary/aromatic N) is 3. The minimum atomic E-state index is -0.457. The van der Waals surface area contributed by atoms with Crippen molar-refractivity contribution in [1.82, 2.24) is 5.43 Å². The second-order valence-electron chi connectivity index (χ2n) is 8.24. The number of hydrogen-bond donors (Lipinski definition) is 1. The molecule has 3 rings (SSSR count). The Balaban J connectivity index is 1.61. The highest BCUT2D eigenvalue weighted by molar-refractivity contribution is 8.00. The summed E-state index contributed by atoms with van der Waals surface area (Å²) in [4.78, 5) is 25.3. The van der Waals surface area contributed by atoms with Crippen molar-refractivity contribution in [2.75, 3.05) is 17.7 Å². The molecule has 0 radical (unpaired) electrons. The number of rotatable bonds is 6. The molecule has 0 aliphatic carbocycles. The molecule has 1 N–H and O–H groups in total. The number of thioether (sulfide) groups is 1. The zero-order valence-electron chi connectivity index (χ0n) is 17.9. The predicted molar refractivity (Wildman–Crippen MR) is 127 cm³/mol. The van der Waals surface area contributed by atoms with Crippen LogP contribution in [0.1, 0.15) is 44.2 Å². The highest BCUT2D eigenvalue weighted by Crippen LogP contribution is 2.44. The molecule has 0 bridgehead atoms.